The van der Waals surface area contributed by atoms with Gasteiger partial charge in [-0.15, -0.1) is 0 Å². The van der Waals surface area contributed by atoms with E-state index < -0.39 is 0 Å². The number of nitrogens with zero attached hydrogens (tertiary/aromatic N) is 3. The molecule has 2 heterocycles. The highest BCUT2D eigenvalue weighted by Gasteiger charge is 2.26. The van der Waals surface area contributed by atoms with Crippen molar-refractivity contribution < 1.29 is 0 Å². The monoisotopic (exact) mass is 343 g/mol. The minimum Gasteiger partial charge on any atom is -0.367 e. The molecule has 3 aromatic rings. The molecule has 0 radical (unpaired) electrons. The molecule has 1 aliphatic rings. The molecule has 0 aliphatic carbocycles. The molecule has 3 heteroatoms. The van der Waals surface area contributed by atoms with Gasteiger partial charge in [-0.1, -0.05) is 56.3 Å². The van der Waals surface area contributed by atoms with Gasteiger partial charge in [-0.2, -0.15) is 10.2 Å². The zero-order valence-corrected chi connectivity index (χ0v) is 16.0. The van der Waals surface area contributed by atoms with Gasteiger partial charge in [-0.05, 0) is 37.0 Å². The number of benzene rings is 2. The van der Waals surface area contributed by atoms with Gasteiger partial charge in [0.05, 0.1) is 11.4 Å². The van der Waals surface area contributed by atoms with E-state index in [1.54, 1.807) is 0 Å². The Morgan fingerprint density at radius 1 is 0.923 bits per heavy atom. The summed E-state index contributed by atoms with van der Waals surface area (Å²) in [4.78, 5) is 2.45. The average molecular weight is 343 g/mol. The lowest BCUT2D eigenvalue weighted by Crippen LogP contribution is -2.24. The van der Waals surface area contributed by atoms with Gasteiger partial charge in [0.25, 0.3) is 0 Å². The highest BCUT2D eigenvalue weighted by atomic mass is 15.1. The van der Waals surface area contributed by atoms with Gasteiger partial charge in [0.1, 0.15) is 0 Å². The Bertz CT molecular complexity index is 959. The lowest BCUT2D eigenvalue weighted by Gasteiger charge is -2.31. The van der Waals surface area contributed by atoms with Crippen LogP contribution in [0.2, 0.25) is 0 Å². The quantitative estimate of drug-likeness (QED) is 0.608. The molecular formula is C23H25N3. The second kappa shape index (κ2) is 6.56. The van der Waals surface area contributed by atoms with Crippen molar-refractivity contribution in [1.82, 2.24) is 10.2 Å². The molecule has 0 saturated carbocycles. The smallest absolute Gasteiger partial charge is 0.0741 e. The van der Waals surface area contributed by atoms with Crippen molar-refractivity contribution in [1.29, 1.82) is 0 Å². The number of aryl methyl sites for hydroxylation is 1. The third kappa shape index (κ3) is 2.59. The van der Waals surface area contributed by atoms with Gasteiger partial charge in [-0.3, -0.25) is 0 Å². The zero-order valence-electron chi connectivity index (χ0n) is 16.0. The van der Waals surface area contributed by atoms with Gasteiger partial charge in [0.2, 0.25) is 0 Å². The molecule has 0 N–H and O–H groups in total. The van der Waals surface area contributed by atoms with Crippen LogP contribution in [0.4, 0.5) is 5.69 Å². The molecule has 132 valence electrons. The molecule has 3 nitrogen and oxygen atoms in total. The topological polar surface area (TPSA) is 29.0 Å². The van der Waals surface area contributed by atoms with E-state index in [-0.39, 0.29) is 0 Å². The Kier molecular flexibility index (Phi) is 4.23. The fourth-order valence-corrected chi connectivity index (χ4v) is 3.98. The van der Waals surface area contributed by atoms with Crippen LogP contribution in [0.5, 0.6) is 0 Å². The Hall–Kier alpha value is -2.68. The molecule has 0 spiro atoms. The molecule has 0 unspecified atom stereocenters. The van der Waals surface area contributed by atoms with E-state index in [4.69, 9.17) is 0 Å². The highest BCUT2D eigenvalue weighted by Crippen LogP contribution is 2.45. The van der Waals surface area contributed by atoms with E-state index in [1.165, 1.54) is 33.5 Å². The Morgan fingerprint density at radius 3 is 2.35 bits per heavy atom. The van der Waals surface area contributed by atoms with Crippen LogP contribution in [0.15, 0.2) is 48.5 Å². The lowest BCUT2D eigenvalue weighted by atomic mass is 9.85. The Labute approximate surface area is 155 Å². The van der Waals surface area contributed by atoms with Crippen molar-refractivity contribution >= 4 is 5.69 Å². The number of aromatic nitrogens is 2. The molecule has 4 rings (SSSR count). The van der Waals surface area contributed by atoms with Crippen LogP contribution in [0, 0.1) is 6.92 Å². The zero-order chi connectivity index (χ0) is 18.3. The first kappa shape index (κ1) is 16.8. The standard InChI is InChI=1S/C23H25N3/c1-5-26-14-17-10-6-7-11-18(17)22-21(19-12-8-9-13-20(19)26)16(4)24-25-23(22)15(2)3/h6-13,15H,5,14H2,1-4H3. The van der Waals surface area contributed by atoms with Crippen LogP contribution < -0.4 is 4.90 Å². The van der Waals surface area contributed by atoms with Crippen LogP contribution in [0.3, 0.4) is 0 Å². The molecule has 26 heavy (non-hydrogen) atoms. The molecule has 2 aromatic carbocycles. The predicted octanol–water partition coefficient (Wildman–Crippen LogP) is 5.58. The summed E-state index contributed by atoms with van der Waals surface area (Å²) in [6, 6.07) is 17.5. The third-order valence-electron chi connectivity index (χ3n) is 5.27. The van der Waals surface area contributed by atoms with Crippen molar-refractivity contribution in [3.05, 3.63) is 65.5 Å². The van der Waals surface area contributed by atoms with Crippen molar-refractivity contribution in [2.75, 3.05) is 11.4 Å². The number of fused-ring (bicyclic) bond motifs is 5. The molecular weight excluding hydrogens is 318 g/mol. The summed E-state index contributed by atoms with van der Waals surface area (Å²) >= 11 is 0. The van der Waals surface area contributed by atoms with Crippen LogP contribution in [0.25, 0.3) is 22.3 Å². The highest BCUT2D eigenvalue weighted by molar-refractivity contribution is 5.93. The van der Waals surface area contributed by atoms with E-state index in [1.807, 2.05) is 0 Å². The minimum atomic E-state index is 0.318. The van der Waals surface area contributed by atoms with Gasteiger partial charge >= 0.3 is 0 Å². The number of para-hydroxylation sites is 1. The third-order valence-corrected chi connectivity index (χ3v) is 5.27. The van der Waals surface area contributed by atoms with E-state index >= 15 is 0 Å². The SMILES string of the molecule is CCN1Cc2ccccc2-c2c(C(C)C)nnc(C)c2-c2ccccc21. The second-order valence-corrected chi connectivity index (χ2v) is 7.26. The summed E-state index contributed by atoms with van der Waals surface area (Å²) in [7, 11) is 0. The van der Waals surface area contributed by atoms with E-state index in [0.29, 0.717) is 5.92 Å². The maximum atomic E-state index is 4.61. The summed E-state index contributed by atoms with van der Waals surface area (Å²) in [5.74, 6) is 0.318. The van der Waals surface area contributed by atoms with Crippen molar-refractivity contribution in [2.24, 2.45) is 0 Å². The molecule has 0 amide bonds. The summed E-state index contributed by atoms with van der Waals surface area (Å²) in [5.41, 5.74) is 9.72. The normalized spacial score (nSPS) is 12.9. The molecule has 0 atom stereocenters. The first-order valence-corrected chi connectivity index (χ1v) is 9.41. The van der Waals surface area contributed by atoms with Crippen molar-refractivity contribution in [2.45, 2.75) is 40.2 Å². The maximum Gasteiger partial charge on any atom is 0.0741 e. The maximum absolute atomic E-state index is 4.61. The minimum absolute atomic E-state index is 0.318. The summed E-state index contributed by atoms with van der Waals surface area (Å²) in [6.45, 7) is 10.6. The van der Waals surface area contributed by atoms with E-state index in [2.05, 4.69) is 91.3 Å². The van der Waals surface area contributed by atoms with Crippen LogP contribution in [-0.4, -0.2) is 16.7 Å². The average Bonchev–Trinajstić information content (AvgIpc) is 2.64. The number of hydrogen-bond acceptors (Lipinski definition) is 3. The summed E-state index contributed by atoms with van der Waals surface area (Å²) in [5, 5.41) is 9.15. The van der Waals surface area contributed by atoms with Crippen LogP contribution >= 0.6 is 0 Å². The second-order valence-electron chi connectivity index (χ2n) is 7.26. The number of anilines is 1. The first-order chi connectivity index (χ1) is 12.6. The van der Waals surface area contributed by atoms with Crippen LogP contribution in [0.1, 0.15) is 43.6 Å². The number of hydrogen-bond donors (Lipinski definition) is 0. The van der Waals surface area contributed by atoms with Gasteiger partial charge in [0.15, 0.2) is 0 Å². The molecule has 0 fully saturated rings. The predicted molar refractivity (Wildman–Crippen MR) is 108 cm³/mol. The van der Waals surface area contributed by atoms with E-state index in [0.717, 1.165) is 24.5 Å². The van der Waals surface area contributed by atoms with Crippen molar-refractivity contribution in [3.8, 4) is 22.3 Å². The fraction of sp³-hybridized carbons (Fsp3) is 0.304. The summed E-state index contributed by atoms with van der Waals surface area (Å²) < 4.78 is 0. The Morgan fingerprint density at radius 2 is 1.62 bits per heavy atom. The molecule has 1 aliphatic heterocycles. The molecule has 0 bridgehead atoms. The van der Waals surface area contributed by atoms with Gasteiger partial charge < -0.3 is 4.90 Å². The molecule has 1 aromatic heterocycles. The van der Waals surface area contributed by atoms with Crippen LogP contribution in [-0.2, 0) is 6.54 Å². The first-order valence-electron chi connectivity index (χ1n) is 9.41. The van der Waals surface area contributed by atoms with Gasteiger partial charge in [-0.25, -0.2) is 0 Å². The lowest BCUT2D eigenvalue weighted by molar-refractivity contribution is 0.778. The number of rotatable bonds is 2. The van der Waals surface area contributed by atoms with Crippen molar-refractivity contribution in [3.63, 3.8) is 0 Å². The Balaban J connectivity index is 2.17. The van der Waals surface area contributed by atoms with E-state index in [9.17, 15) is 0 Å². The molecule has 0 saturated heterocycles. The fourth-order valence-electron chi connectivity index (χ4n) is 3.98. The summed E-state index contributed by atoms with van der Waals surface area (Å²) in [6.07, 6.45) is 0. The largest absolute Gasteiger partial charge is 0.367 e. The van der Waals surface area contributed by atoms with Gasteiger partial charge in [0, 0.05) is 35.5 Å².